The molecule has 0 amide bonds. The van der Waals surface area contributed by atoms with Gasteiger partial charge >= 0.3 is 0 Å². The minimum absolute atomic E-state index is 0.262. The Labute approximate surface area is 207 Å². The third-order valence-electron chi connectivity index (χ3n) is 11.9. The van der Waals surface area contributed by atoms with E-state index in [2.05, 4.69) is 73.3 Å². The van der Waals surface area contributed by atoms with Crippen molar-refractivity contribution in [1.82, 2.24) is 0 Å². The van der Waals surface area contributed by atoms with Gasteiger partial charge in [-0.15, -0.1) is 0 Å². The van der Waals surface area contributed by atoms with E-state index in [-0.39, 0.29) is 5.41 Å². The van der Waals surface area contributed by atoms with Crippen LogP contribution in [0.15, 0.2) is 11.6 Å². The molecule has 0 aromatic carbocycles. The van der Waals surface area contributed by atoms with Gasteiger partial charge in [-0.25, -0.2) is 0 Å². The van der Waals surface area contributed by atoms with E-state index in [0.717, 1.165) is 35.5 Å². The molecule has 0 bridgehead atoms. The number of rotatable bonds is 6. The molecule has 0 unspecified atom stereocenters. The lowest BCUT2D eigenvalue weighted by Gasteiger charge is -2.60. The molecule has 0 heterocycles. The van der Waals surface area contributed by atoms with E-state index in [0.29, 0.717) is 10.8 Å². The topological polar surface area (TPSA) is 0 Å². The van der Waals surface area contributed by atoms with Crippen molar-refractivity contribution in [3.63, 3.8) is 0 Å². The molecule has 0 aromatic rings. The Morgan fingerprint density at radius 3 is 2.33 bits per heavy atom. The first-order valence-electron chi connectivity index (χ1n) is 14.6. The molecule has 33 heavy (non-hydrogen) atoms. The van der Waals surface area contributed by atoms with Gasteiger partial charge in [0.05, 0.1) is 0 Å². The fourth-order valence-corrected chi connectivity index (χ4v) is 9.89. The maximum atomic E-state index is 2.75. The van der Waals surface area contributed by atoms with E-state index in [9.17, 15) is 0 Å². The molecule has 0 heteroatoms. The Morgan fingerprint density at radius 2 is 1.61 bits per heavy atom. The predicted octanol–water partition coefficient (Wildman–Crippen LogP) is 9.44. The summed E-state index contributed by atoms with van der Waals surface area (Å²) >= 11 is 0. The first-order chi connectivity index (χ1) is 15.7. The van der Waals surface area contributed by atoms with Crippen LogP contribution in [0.5, 0.6) is 0 Å². The predicted molar refractivity (Wildman–Crippen MR) is 142 cm³/mol. The van der Waals surface area contributed by atoms with Crippen molar-refractivity contribution < 1.29 is 0 Å². The van der Waals surface area contributed by atoms with Crippen molar-refractivity contribution in [2.45, 2.75) is 112 Å². The second kappa shape index (κ2) is 9.00. The Kier molecular flexibility index (Phi) is 6.66. The summed E-state index contributed by atoms with van der Waals surface area (Å²) in [6, 6.07) is 0. The van der Waals surface area contributed by atoms with Crippen molar-refractivity contribution in [3.05, 3.63) is 43.3 Å². The molecular weight excluding hydrogens is 396 g/mol. The minimum atomic E-state index is 0.262. The van der Waals surface area contributed by atoms with E-state index in [1.807, 2.05) is 5.57 Å². The van der Waals surface area contributed by atoms with Gasteiger partial charge in [0.15, 0.2) is 0 Å². The Balaban J connectivity index is 1.31. The monoisotopic (exact) mass is 447 g/mol. The second-order valence-electron chi connectivity index (χ2n) is 14.1. The molecule has 0 aromatic heterocycles. The Morgan fingerprint density at radius 1 is 0.848 bits per heavy atom. The van der Waals surface area contributed by atoms with E-state index in [1.54, 1.807) is 5.92 Å². The molecule has 0 spiro atoms. The number of hydrogen-bond donors (Lipinski definition) is 0. The quantitative estimate of drug-likeness (QED) is 0.356. The fourth-order valence-electron chi connectivity index (χ4n) is 9.89. The van der Waals surface area contributed by atoms with Crippen LogP contribution in [-0.2, 0) is 0 Å². The third kappa shape index (κ3) is 4.10. The summed E-state index contributed by atoms with van der Waals surface area (Å²) in [4.78, 5) is 0. The van der Waals surface area contributed by atoms with Gasteiger partial charge in [-0.3, -0.25) is 0 Å². The summed E-state index contributed by atoms with van der Waals surface area (Å²) in [5.74, 6) is 7.23. The van der Waals surface area contributed by atoms with Gasteiger partial charge in [0.25, 0.3) is 0 Å². The highest BCUT2D eigenvalue weighted by Crippen LogP contribution is 2.69. The maximum Gasteiger partial charge on any atom is -0.00704 e. The molecule has 4 fully saturated rings. The minimum Gasteiger partial charge on any atom is -0.0782 e. The van der Waals surface area contributed by atoms with E-state index in [1.165, 1.54) is 70.6 Å². The van der Waals surface area contributed by atoms with Crippen molar-refractivity contribution in [1.29, 1.82) is 0 Å². The summed E-state index contributed by atoms with van der Waals surface area (Å²) in [5, 5.41) is 0. The van der Waals surface area contributed by atoms with E-state index >= 15 is 0 Å². The molecular formula is C33H51. The summed E-state index contributed by atoms with van der Waals surface area (Å²) in [6.07, 6.45) is 27.9. The number of allylic oxidation sites excluding steroid dienone is 2. The van der Waals surface area contributed by atoms with Gasteiger partial charge in [-0.1, -0.05) is 72.5 Å². The van der Waals surface area contributed by atoms with Gasteiger partial charge in [0, 0.05) is 0 Å². The van der Waals surface area contributed by atoms with Crippen molar-refractivity contribution >= 4 is 0 Å². The first-order valence-corrected chi connectivity index (χ1v) is 14.6. The van der Waals surface area contributed by atoms with Crippen molar-refractivity contribution in [2.75, 3.05) is 0 Å². The lowest BCUT2D eigenvalue weighted by atomic mass is 9.45. The smallest absolute Gasteiger partial charge is 0.00704 e. The highest BCUT2D eigenvalue weighted by atomic mass is 14.6. The standard InChI is InChI=1S/C33H51/c1-23(2)10-9-11-24(3)28-16-17-29-27-15-14-26-22-31(4,25-12-7-8-13-25)20-21-32(26,5)30(27)18-19-33(28,29)6/h7-8,12-13,22-24,27-30H,9-11,14-21H2,1-6H3/t24-,27+,28-,29+,30+,31+,32+,33-/m1/s1. The molecule has 0 N–H and O–H groups in total. The van der Waals surface area contributed by atoms with Crippen LogP contribution in [0.3, 0.4) is 0 Å². The Hall–Kier alpha value is -0.260. The second-order valence-corrected chi connectivity index (χ2v) is 14.1. The fraction of sp³-hybridized carbons (Fsp3) is 0.788. The number of hydrogen-bond acceptors (Lipinski definition) is 0. The van der Waals surface area contributed by atoms with E-state index in [4.69, 9.17) is 0 Å². The van der Waals surface area contributed by atoms with Crippen molar-refractivity contribution in [2.24, 2.45) is 51.8 Å². The van der Waals surface area contributed by atoms with Gasteiger partial charge in [0.1, 0.15) is 0 Å². The molecule has 0 saturated heterocycles. The van der Waals surface area contributed by atoms with Crippen LogP contribution < -0.4 is 0 Å². The van der Waals surface area contributed by atoms with Crippen LogP contribution in [-0.4, -0.2) is 0 Å². The molecule has 0 nitrogen and oxygen atoms in total. The van der Waals surface area contributed by atoms with Gasteiger partial charge < -0.3 is 0 Å². The highest BCUT2D eigenvalue weighted by molar-refractivity contribution is 5.44. The van der Waals surface area contributed by atoms with Crippen molar-refractivity contribution in [3.8, 4) is 0 Å². The van der Waals surface area contributed by atoms with Crippen LogP contribution in [0, 0.1) is 83.4 Å². The highest BCUT2D eigenvalue weighted by Gasteiger charge is 2.60. The van der Waals surface area contributed by atoms with Crippen LogP contribution in [0.25, 0.3) is 0 Å². The van der Waals surface area contributed by atoms with Gasteiger partial charge in [0.2, 0.25) is 0 Å². The lowest BCUT2D eigenvalue weighted by Crippen LogP contribution is -2.51. The average molecular weight is 448 g/mol. The molecule has 5 aliphatic rings. The SMILES string of the molecule is CC(C)CCC[C@@H](C)[C@H]1CC[C@H]2[C@@H]3CCC4=C[C@@](C)([C]5[CH][CH][CH][CH]5)CC[C@]4(C)[C@H]3CC[C@]12C. The zero-order valence-corrected chi connectivity index (χ0v) is 22.6. The van der Waals surface area contributed by atoms with Crippen LogP contribution in [0.1, 0.15) is 112 Å². The van der Waals surface area contributed by atoms with Gasteiger partial charge in [-0.05, 0) is 135 Å². The maximum absolute atomic E-state index is 2.75. The van der Waals surface area contributed by atoms with E-state index < -0.39 is 0 Å². The lowest BCUT2D eigenvalue weighted by molar-refractivity contribution is -0.0622. The number of fused-ring (bicyclic) bond motifs is 5. The normalized spacial score (nSPS) is 46.6. The molecule has 5 radical (unpaired) electrons. The molecule has 5 rings (SSSR count). The molecule has 4 saturated carbocycles. The largest absolute Gasteiger partial charge is 0.0782 e. The molecule has 183 valence electrons. The summed E-state index contributed by atoms with van der Waals surface area (Å²) in [6.45, 7) is 15.3. The molecule has 8 atom stereocenters. The van der Waals surface area contributed by atoms with Gasteiger partial charge in [-0.2, -0.15) is 0 Å². The van der Waals surface area contributed by atoms with Crippen LogP contribution >= 0.6 is 0 Å². The summed E-state index contributed by atoms with van der Waals surface area (Å²) in [5.41, 5.74) is 3.18. The summed E-state index contributed by atoms with van der Waals surface area (Å²) in [7, 11) is 0. The average Bonchev–Trinajstić information content (AvgIpc) is 3.42. The van der Waals surface area contributed by atoms with Crippen LogP contribution in [0.4, 0.5) is 0 Å². The molecule has 0 aliphatic heterocycles. The Bertz CT molecular complexity index is 724. The third-order valence-corrected chi connectivity index (χ3v) is 11.9. The van der Waals surface area contributed by atoms with Crippen LogP contribution in [0.2, 0.25) is 0 Å². The zero-order chi connectivity index (χ0) is 23.4. The first kappa shape index (κ1) is 24.4. The zero-order valence-electron chi connectivity index (χ0n) is 22.6. The molecule has 5 aliphatic carbocycles. The summed E-state index contributed by atoms with van der Waals surface area (Å²) < 4.78 is 0.